The van der Waals surface area contributed by atoms with E-state index in [4.69, 9.17) is 19.1 Å². The standard InChI is InChI=1S/C49H30N2O2/c1-3-11-32(12-4-1)42-30-43(51-48(50-42)34-13-5-2-6-14-34)33-21-19-31(20-22-33)35-23-24-36-41(29-35)49(40-25-26-44-37(47(36)40)27-28-52-44)38-15-7-9-17-45(38)53-46-18-10-8-16-39(46)49/h1-30H. The zero-order chi connectivity index (χ0) is 34.9. The van der Waals surface area contributed by atoms with E-state index in [1.807, 2.05) is 36.4 Å². The van der Waals surface area contributed by atoms with E-state index in [1.54, 1.807) is 6.26 Å². The molecule has 0 saturated heterocycles. The Labute approximate surface area is 306 Å². The number of aromatic nitrogens is 2. The molecule has 4 heteroatoms. The molecule has 53 heavy (non-hydrogen) atoms. The van der Waals surface area contributed by atoms with Crippen molar-refractivity contribution in [2.75, 3.05) is 0 Å². The average Bonchev–Trinajstić information content (AvgIpc) is 3.83. The van der Waals surface area contributed by atoms with E-state index >= 15 is 0 Å². The van der Waals surface area contributed by atoms with Gasteiger partial charge in [-0.2, -0.15) is 0 Å². The van der Waals surface area contributed by atoms with Gasteiger partial charge >= 0.3 is 0 Å². The topological polar surface area (TPSA) is 48.2 Å². The number of para-hydroxylation sites is 2. The highest BCUT2D eigenvalue weighted by atomic mass is 16.5. The van der Waals surface area contributed by atoms with E-state index < -0.39 is 5.41 Å². The third kappa shape index (κ3) is 4.42. The molecule has 248 valence electrons. The fourth-order valence-corrected chi connectivity index (χ4v) is 8.52. The quantitative estimate of drug-likeness (QED) is 0.186. The summed E-state index contributed by atoms with van der Waals surface area (Å²) < 4.78 is 12.5. The molecule has 11 rings (SSSR count). The number of rotatable bonds is 4. The molecule has 0 N–H and O–H groups in total. The molecule has 0 amide bonds. The SMILES string of the molecule is c1ccc(-c2cc(-c3ccc(-c4ccc5c(c4)C4(c6ccccc6Oc6ccccc64)c4ccc6occc6c4-5)cc3)nc(-c3ccccc3)n2)cc1. The molecule has 0 bridgehead atoms. The molecule has 0 atom stereocenters. The molecule has 0 fully saturated rings. The Morgan fingerprint density at radius 1 is 0.415 bits per heavy atom. The van der Waals surface area contributed by atoms with Crippen molar-refractivity contribution in [2.24, 2.45) is 0 Å². The van der Waals surface area contributed by atoms with Crippen molar-refractivity contribution >= 4 is 11.0 Å². The molecule has 1 aliphatic heterocycles. The fraction of sp³-hybridized carbons (Fsp3) is 0.0204. The van der Waals surface area contributed by atoms with E-state index in [9.17, 15) is 0 Å². The molecular formula is C49H30N2O2. The highest BCUT2D eigenvalue weighted by molar-refractivity contribution is 6.03. The number of hydrogen-bond donors (Lipinski definition) is 0. The van der Waals surface area contributed by atoms with Gasteiger partial charge in [-0.05, 0) is 69.8 Å². The van der Waals surface area contributed by atoms with Gasteiger partial charge in [-0.15, -0.1) is 0 Å². The molecule has 1 spiro atoms. The van der Waals surface area contributed by atoms with Gasteiger partial charge in [0.05, 0.1) is 23.1 Å². The third-order valence-corrected chi connectivity index (χ3v) is 10.9. The van der Waals surface area contributed by atoms with Crippen molar-refractivity contribution in [3.8, 4) is 67.7 Å². The molecular weight excluding hydrogens is 649 g/mol. The Bertz CT molecular complexity index is 2750. The van der Waals surface area contributed by atoms with Crippen LogP contribution < -0.4 is 4.74 Å². The summed E-state index contributed by atoms with van der Waals surface area (Å²) in [6.07, 6.45) is 1.79. The first-order valence-electron chi connectivity index (χ1n) is 17.9. The summed E-state index contributed by atoms with van der Waals surface area (Å²) in [5, 5.41) is 1.12. The smallest absolute Gasteiger partial charge is 0.160 e. The van der Waals surface area contributed by atoms with Crippen molar-refractivity contribution in [3.63, 3.8) is 0 Å². The molecule has 9 aromatic rings. The maximum absolute atomic E-state index is 6.58. The first kappa shape index (κ1) is 29.7. The zero-order valence-electron chi connectivity index (χ0n) is 28.5. The molecule has 7 aromatic carbocycles. The summed E-state index contributed by atoms with van der Waals surface area (Å²) in [5.74, 6) is 2.46. The van der Waals surface area contributed by atoms with Crippen LogP contribution in [0.4, 0.5) is 0 Å². The van der Waals surface area contributed by atoms with Crippen LogP contribution >= 0.6 is 0 Å². The van der Waals surface area contributed by atoms with E-state index in [-0.39, 0.29) is 0 Å². The number of fused-ring (bicyclic) bond motifs is 11. The first-order valence-corrected chi connectivity index (χ1v) is 17.9. The monoisotopic (exact) mass is 678 g/mol. The molecule has 2 aliphatic rings. The zero-order valence-corrected chi connectivity index (χ0v) is 28.5. The summed E-state index contributed by atoms with van der Waals surface area (Å²) in [5.41, 5.74) is 14.6. The van der Waals surface area contributed by atoms with Gasteiger partial charge in [-0.3, -0.25) is 0 Å². The lowest BCUT2D eigenvalue weighted by atomic mass is 9.66. The number of furan rings is 1. The maximum atomic E-state index is 6.58. The van der Waals surface area contributed by atoms with Gasteiger partial charge in [-0.25, -0.2) is 9.97 Å². The average molecular weight is 679 g/mol. The molecule has 0 saturated carbocycles. The number of nitrogens with zero attached hydrogens (tertiary/aromatic N) is 2. The summed E-state index contributed by atoms with van der Waals surface area (Å²) in [6, 6.07) is 61.7. The van der Waals surface area contributed by atoms with Gasteiger partial charge < -0.3 is 9.15 Å². The van der Waals surface area contributed by atoms with Crippen molar-refractivity contribution in [1.82, 2.24) is 9.97 Å². The molecule has 0 radical (unpaired) electrons. The van der Waals surface area contributed by atoms with E-state index in [2.05, 4.69) is 140 Å². The second-order valence-corrected chi connectivity index (χ2v) is 13.7. The highest BCUT2D eigenvalue weighted by Crippen LogP contribution is 2.63. The predicted octanol–water partition coefficient (Wildman–Crippen LogP) is 12.4. The van der Waals surface area contributed by atoms with Crippen molar-refractivity contribution in [3.05, 3.63) is 204 Å². The van der Waals surface area contributed by atoms with E-state index in [1.165, 1.54) is 22.3 Å². The highest BCUT2D eigenvalue weighted by Gasteiger charge is 2.51. The number of hydrogen-bond acceptors (Lipinski definition) is 4. The van der Waals surface area contributed by atoms with Crippen LogP contribution in [-0.4, -0.2) is 9.97 Å². The lowest BCUT2D eigenvalue weighted by molar-refractivity contribution is 0.436. The van der Waals surface area contributed by atoms with E-state index in [0.717, 1.165) is 72.8 Å². The van der Waals surface area contributed by atoms with Crippen LogP contribution in [0.2, 0.25) is 0 Å². The molecule has 2 aromatic heterocycles. The first-order chi connectivity index (χ1) is 26.3. The van der Waals surface area contributed by atoms with Crippen LogP contribution in [0.5, 0.6) is 11.5 Å². The maximum Gasteiger partial charge on any atom is 0.160 e. The minimum atomic E-state index is -0.569. The largest absolute Gasteiger partial charge is 0.464 e. The van der Waals surface area contributed by atoms with Crippen LogP contribution in [0.1, 0.15) is 22.3 Å². The third-order valence-electron chi connectivity index (χ3n) is 10.9. The number of benzene rings is 7. The summed E-state index contributed by atoms with van der Waals surface area (Å²) in [6.45, 7) is 0. The Balaban J connectivity index is 1.08. The Morgan fingerprint density at radius 3 is 1.70 bits per heavy atom. The summed E-state index contributed by atoms with van der Waals surface area (Å²) >= 11 is 0. The molecule has 1 aliphatic carbocycles. The normalized spacial score (nSPS) is 13.2. The summed E-state index contributed by atoms with van der Waals surface area (Å²) in [4.78, 5) is 10.0. The van der Waals surface area contributed by atoms with Gasteiger partial charge in [0, 0.05) is 33.2 Å². The van der Waals surface area contributed by atoms with Crippen LogP contribution in [0.25, 0.3) is 67.1 Å². The van der Waals surface area contributed by atoms with Gasteiger partial charge in [0.2, 0.25) is 0 Å². The lowest BCUT2D eigenvalue weighted by Crippen LogP contribution is -2.32. The minimum Gasteiger partial charge on any atom is -0.464 e. The van der Waals surface area contributed by atoms with Crippen LogP contribution in [0.15, 0.2) is 187 Å². The Morgan fingerprint density at radius 2 is 1.00 bits per heavy atom. The number of ether oxygens (including phenoxy) is 1. The van der Waals surface area contributed by atoms with Crippen molar-refractivity contribution < 1.29 is 9.15 Å². The van der Waals surface area contributed by atoms with Crippen LogP contribution in [0, 0.1) is 0 Å². The van der Waals surface area contributed by atoms with Crippen molar-refractivity contribution in [2.45, 2.75) is 5.41 Å². The summed E-state index contributed by atoms with van der Waals surface area (Å²) in [7, 11) is 0. The molecule has 3 heterocycles. The van der Waals surface area contributed by atoms with Crippen molar-refractivity contribution in [1.29, 1.82) is 0 Å². The van der Waals surface area contributed by atoms with Gasteiger partial charge in [0.25, 0.3) is 0 Å². The minimum absolute atomic E-state index is 0.569. The van der Waals surface area contributed by atoms with Crippen LogP contribution in [0.3, 0.4) is 0 Å². The Hall–Kier alpha value is -7.04. The lowest BCUT2D eigenvalue weighted by Gasteiger charge is -2.39. The Kier molecular flexibility index (Phi) is 6.43. The van der Waals surface area contributed by atoms with Gasteiger partial charge in [-0.1, -0.05) is 140 Å². The molecule has 4 nitrogen and oxygen atoms in total. The van der Waals surface area contributed by atoms with Crippen LogP contribution in [-0.2, 0) is 5.41 Å². The fourth-order valence-electron chi connectivity index (χ4n) is 8.52. The van der Waals surface area contributed by atoms with Gasteiger partial charge in [0.1, 0.15) is 17.1 Å². The van der Waals surface area contributed by atoms with E-state index in [0.29, 0.717) is 5.82 Å². The second-order valence-electron chi connectivity index (χ2n) is 13.7. The molecule has 0 unspecified atom stereocenters. The second kappa shape index (κ2) is 11.5. The van der Waals surface area contributed by atoms with Gasteiger partial charge in [0.15, 0.2) is 5.82 Å². The predicted molar refractivity (Wildman–Crippen MR) is 211 cm³/mol.